The van der Waals surface area contributed by atoms with Crippen LogP contribution in [0, 0.1) is 5.82 Å². The molecule has 2 N–H and O–H groups in total. The first-order chi connectivity index (χ1) is 7.13. The van der Waals surface area contributed by atoms with Crippen molar-refractivity contribution in [3.8, 4) is 11.5 Å². The third-order valence-corrected chi connectivity index (χ3v) is 2.07. The Morgan fingerprint density at radius 2 is 1.75 bits per heavy atom. The molecule has 0 radical (unpaired) electrons. The SMILES string of the molecule is COc1cc(F)c([C@@H](N)CF)cc1OC.Cl. The molecular formula is C10H14ClF2NO2. The summed E-state index contributed by atoms with van der Waals surface area (Å²) in [4.78, 5) is 0. The highest BCUT2D eigenvalue weighted by molar-refractivity contribution is 5.85. The number of hydrogen-bond donors (Lipinski definition) is 1. The van der Waals surface area contributed by atoms with Crippen LogP contribution < -0.4 is 15.2 Å². The van der Waals surface area contributed by atoms with E-state index in [4.69, 9.17) is 15.2 Å². The van der Waals surface area contributed by atoms with Gasteiger partial charge in [0.15, 0.2) is 11.5 Å². The predicted molar refractivity (Wildman–Crippen MR) is 59.7 cm³/mol. The summed E-state index contributed by atoms with van der Waals surface area (Å²) < 4.78 is 35.6. The molecule has 0 saturated heterocycles. The van der Waals surface area contributed by atoms with Crippen LogP contribution in [-0.2, 0) is 0 Å². The summed E-state index contributed by atoms with van der Waals surface area (Å²) in [7, 11) is 2.81. The Balaban J connectivity index is 0.00000225. The molecule has 0 spiro atoms. The zero-order valence-corrected chi connectivity index (χ0v) is 9.81. The normalized spacial score (nSPS) is 11.6. The number of ether oxygens (including phenoxy) is 2. The number of nitrogens with two attached hydrogens (primary N) is 1. The lowest BCUT2D eigenvalue weighted by Crippen LogP contribution is -2.14. The minimum Gasteiger partial charge on any atom is -0.493 e. The Labute approximate surface area is 98.9 Å². The average Bonchev–Trinajstić information content (AvgIpc) is 2.27. The second kappa shape index (κ2) is 6.50. The van der Waals surface area contributed by atoms with E-state index in [1.165, 1.54) is 20.3 Å². The lowest BCUT2D eigenvalue weighted by molar-refractivity contribution is 0.349. The van der Waals surface area contributed by atoms with Crippen molar-refractivity contribution in [2.24, 2.45) is 5.73 Å². The second-order valence-corrected chi connectivity index (χ2v) is 2.99. The lowest BCUT2D eigenvalue weighted by atomic mass is 10.1. The first-order valence-corrected chi connectivity index (χ1v) is 4.37. The highest BCUT2D eigenvalue weighted by Gasteiger charge is 2.16. The Morgan fingerprint density at radius 3 is 2.19 bits per heavy atom. The fourth-order valence-corrected chi connectivity index (χ4v) is 1.24. The molecule has 92 valence electrons. The van der Waals surface area contributed by atoms with Gasteiger partial charge < -0.3 is 15.2 Å². The van der Waals surface area contributed by atoms with E-state index in [1.54, 1.807) is 0 Å². The zero-order valence-electron chi connectivity index (χ0n) is 9.00. The van der Waals surface area contributed by atoms with Crippen molar-refractivity contribution < 1.29 is 18.3 Å². The smallest absolute Gasteiger partial charge is 0.163 e. The molecule has 0 amide bonds. The van der Waals surface area contributed by atoms with Gasteiger partial charge in [0.1, 0.15) is 12.5 Å². The van der Waals surface area contributed by atoms with Crippen molar-refractivity contribution in [3.63, 3.8) is 0 Å². The largest absolute Gasteiger partial charge is 0.493 e. The van der Waals surface area contributed by atoms with Gasteiger partial charge >= 0.3 is 0 Å². The Bertz CT molecular complexity index is 350. The van der Waals surface area contributed by atoms with Crippen molar-refractivity contribution in [2.45, 2.75) is 6.04 Å². The van der Waals surface area contributed by atoms with E-state index in [1.807, 2.05) is 0 Å². The lowest BCUT2D eigenvalue weighted by Gasteiger charge is -2.13. The molecule has 1 atom stereocenters. The van der Waals surface area contributed by atoms with Gasteiger partial charge in [0.05, 0.1) is 20.3 Å². The molecule has 0 aromatic heterocycles. The van der Waals surface area contributed by atoms with Gasteiger partial charge in [-0.1, -0.05) is 0 Å². The average molecular weight is 254 g/mol. The molecule has 0 fully saturated rings. The maximum absolute atomic E-state index is 13.4. The maximum atomic E-state index is 13.4. The van der Waals surface area contributed by atoms with Crippen molar-refractivity contribution in [1.82, 2.24) is 0 Å². The van der Waals surface area contributed by atoms with Crippen molar-refractivity contribution >= 4 is 12.4 Å². The van der Waals surface area contributed by atoms with Crippen LogP contribution in [0.4, 0.5) is 8.78 Å². The van der Waals surface area contributed by atoms with Crippen LogP contribution in [0.1, 0.15) is 11.6 Å². The van der Waals surface area contributed by atoms with E-state index in [2.05, 4.69) is 0 Å². The molecule has 0 aliphatic carbocycles. The first-order valence-electron chi connectivity index (χ1n) is 4.37. The first kappa shape index (κ1) is 14.9. The monoisotopic (exact) mass is 253 g/mol. The topological polar surface area (TPSA) is 44.5 Å². The Morgan fingerprint density at radius 1 is 1.25 bits per heavy atom. The molecule has 0 bridgehead atoms. The summed E-state index contributed by atoms with van der Waals surface area (Å²) in [5, 5.41) is 0. The number of methoxy groups -OCH3 is 2. The van der Waals surface area contributed by atoms with Gasteiger partial charge in [0, 0.05) is 11.6 Å². The van der Waals surface area contributed by atoms with Gasteiger partial charge in [-0.25, -0.2) is 8.78 Å². The predicted octanol–water partition coefficient (Wildman–Crippen LogP) is 2.23. The van der Waals surface area contributed by atoms with Gasteiger partial charge in [-0.05, 0) is 6.07 Å². The highest BCUT2D eigenvalue weighted by Crippen LogP contribution is 2.31. The standard InChI is InChI=1S/C10H13F2NO2.ClH/c1-14-9-3-6(8(13)5-11)7(12)4-10(9)15-2;/h3-4,8H,5,13H2,1-2H3;1H/t8-;/m0./s1. The highest BCUT2D eigenvalue weighted by atomic mass is 35.5. The molecule has 0 heterocycles. The van der Waals surface area contributed by atoms with Crippen LogP contribution in [0.3, 0.4) is 0 Å². The minimum absolute atomic E-state index is 0. The van der Waals surface area contributed by atoms with Crippen LogP contribution in [0.5, 0.6) is 11.5 Å². The number of benzene rings is 1. The summed E-state index contributed by atoms with van der Waals surface area (Å²) in [6.07, 6.45) is 0. The summed E-state index contributed by atoms with van der Waals surface area (Å²) in [5.41, 5.74) is 5.48. The third kappa shape index (κ3) is 2.96. The molecule has 6 heteroatoms. The zero-order chi connectivity index (χ0) is 11.4. The molecule has 0 saturated carbocycles. The molecule has 0 aliphatic heterocycles. The van der Waals surface area contributed by atoms with E-state index >= 15 is 0 Å². The summed E-state index contributed by atoms with van der Waals surface area (Å²) in [6.45, 7) is -0.827. The third-order valence-electron chi connectivity index (χ3n) is 2.07. The van der Waals surface area contributed by atoms with E-state index in [0.717, 1.165) is 6.07 Å². The van der Waals surface area contributed by atoms with E-state index in [-0.39, 0.29) is 23.7 Å². The van der Waals surface area contributed by atoms with Gasteiger partial charge in [0.2, 0.25) is 0 Å². The summed E-state index contributed by atoms with van der Waals surface area (Å²) in [5.74, 6) is -0.0135. The van der Waals surface area contributed by atoms with Crippen molar-refractivity contribution in [3.05, 3.63) is 23.5 Å². The van der Waals surface area contributed by atoms with E-state index < -0.39 is 18.5 Å². The van der Waals surface area contributed by atoms with Crippen LogP contribution in [0.15, 0.2) is 12.1 Å². The fraction of sp³-hybridized carbons (Fsp3) is 0.400. The number of alkyl halides is 1. The van der Waals surface area contributed by atoms with Crippen LogP contribution >= 0.6 is 12.4 Å². The van der Waals surface area contributed by atoms with E-state index in [9.17, 15) is 8.78 Å². The minimum atomic E-state index is -0.982. The number of hydrogen-bond acceptors (Lipinski definition) is 3. The molecule has 1 aromatic rings. The summed E-state index contributed by atoms with van der Waals surface area (Å²) >= 11 is 0. The van der Waals surface area contributed by atoms with E-state index in [0.29, 0.717) is 5.75 Å². The molecule has 3 nitrogen and oxygen atoms in total. The fourth-order valence-electron chi connectivity index (χ4n) is 1.24. The molecule has 0 aliphatic rings. The quantitative estimate of drug-likeness (QED) is 0.895. The van der Waals surface area contributed by atoms with Gasteiger partial charge in [-0.2, -0.15) is 0 Å². The molecule has 1 aromatic carbocycles. The summed E-state index contributed by atoms with van der Waals surface area (Å²) in [6, 6.07) is 1.49. The molecule has 1 rings (SSSR count). The van der Waals surface area contributed by atoms with Crippen LogP contribution in [0.2, 0.25) is 0 Å². The Kier molecular flexibility index (Phi) is 6.06. The van der Waals surface area contributed by atoms with Crippen LogP contribution in [0.25, 0.3) is 0 Å². The Hall–Kier alpha value is -1.07. The molecule has 0 unspecified atom stereocenters. The van der Waals surface area contributed by atoms with Crippen molar-refractivity contribution in [1.29, 1.82) is 0 Å². The van der Waals surface area contributed by atoms with Gasteiger partial charge in [-0.15, -0.1) is 12.4 Å². The van der Waals surface area contributed by atoms with Crippen molar-refractivity contribution in [2.75, 3.05) is 20.9 Å². The maximum Gasteiger partial charge on any atom is 0.163 e. The van der Waals surface area contributed by atoms with Gasteiger partial charge in [0.25, 0.3) is 0 Å². The van der Waals surface area contributed by atoms with Gasteiger partial charge in [-0.3, -0.25) is 0 Å². The second-order valence-electron chi connectivity index (χ2n) is 2.99. The molecular weight excluding hydrogens is 240 g/mol. The molecule has 16 heavy (non-hydrogen) atoms. The van der Waals surface area contributed by atoms with Crippen LogP contribution in [-0.4, -0.2) is 20.9 Å². The number of halogens is 3. The number of rotatable bonds is 4.